The topological polar surface area (TPSA) is 12.5 Å². The van der Waals surface area contributed by atoms with Gasteiger partial charge < -0.3 is 4.74 Å². The van der Waals surface area contributed by atoms with Gasteiger partial charge in [0.05, 0.1) is 13.3 Å². The van der Waals surface area contributed by atoms with Gasteiger partial charge in [-0.2, -0.15) is 0 Å². The fourth-order valence-corrected chi connectivity index (χ4v) is 0.898. The van der Waals surface area contributed by atoms with E-state index < -0.39 is 0 Å². The van der Waals surface area contributed by atoms with Gasteiger partial charge in [-0.15, -0.1) is 0 Å². The van der Waals surface area contributed by atoms with E-state index >= 15 is 0 Å². The van der Waals surface area contributed by atoms with Crippen molar-refractivity contribution in [3.8, 4) is 0 Å². The highest BCUT2D eigenvalue weighted by atomic mass is 16.5. The Morgan fingerprint density at radius 2 is 1.87 bits per heavy atom. The van der Waals surface area contributed by atoms with Crippen LogP contribution >= 0.6 is 0 Å². The number of allylic oxidation sites excluding steroid dienone is 3. The summed E-state index contributed by atoms with van der Waals surface area (Å²) in [5, 5.41) is 0. The smallest absolute Gasteiger partial charge is 0.0990 e. The molecule has 0 saturated carbocycles. The van der Waals surface area contributed by atoms with Crippen LogP contribution in [0.2, 0.25) is 0 Å². The van der Waals surface area contributed by atoms with Crippen LogP contribution in [-0.4, -0.2) is 31.3 Å². The first-order chi connectivity index (χ1) is 7.18. The molecule has 0 N–H and O–H groups in total. The largest absolute Gasteiger partial charge is 0.366 e. The number of nitrogens with zero attached hydrogens (tertiary/aromatic N) is 1. The van der Waals surface area contributed by atoms with Crippen molar-refractivity contribution in [2.75, 3.05) is 20.4 Å². The Kier molecular flexibility index (Phi) is 9.54. The molecular weight excluding hydrogens is 186 g/mol. The summed E-state index contributed by atoms with van der Waals surface area (Å²) in [6.45, 7) is 7.98. The molecule has 0 aromatic rings. The minimum atomic E-state index is 0.549. The van der Waals surface area contributed by atoms with Crippen molar-refractivity contribution in [3.05, 3.63) is 24.3 Å². The van der Waals surface area contributed by atoms with Crippen LogP contribution in [0.4, 0.5) is 0 Å². The maximum Gasteiger partial charge on any atom is 0.0990 e. The van der Waals surface area contributed by atoms with Crippen molar-refractivity contribution in [1.82, 2.24) is 4.90 Å². The first-order valence-electron chi connectivity index (χ1n) is 5.78. The highest BCUT2D eigenvalue weighted by Crippen LogP contribution is 1.94. The van der Waals surface area contributed by atoms with Crippen molar-refractivity contribution in [2.45, 2.75) is 39.7 Å². The average molecular weight is 211 g/mol. The fraction of sp³-hybridized carbons (Fsp3) is 0.692. The molecule has 0 aliphatic carbocycles. The molecular formula is C13H25NO. The standard InChI is InChI=1S/C13H25NO/c1-5-6-7-8-9-10-11-15-12-14(4)13(2)3/h6-9,13H,5,10-12H2,1-4H3. The number of hydrogen-bond donors (Lipinski definition) is 0. The van der Waals surface area contributed by atoms with E-state index in [9.17, 15) is 0 Å². The van der Waals surface area contributed by atoms with Gasteiger partial charge in [0.15, 0.2) is 0 Å². The summed E-state index contributed by atoms with van der Waals surface area (Å²) in [5.41, 5.74) is 0. The Labute approximate surface area is 94.6 Å². The van der Waals surface area contributed by atoms with Crippen LogP contribution in [0.3, 0.4) is 0 Å². The van der Waals surface area contributed by atoms with Gasteiger partial charge in [0, 0.05) is 6.04 Å². The molecule has 0 aromatic heterocycles. The average Bonchev–Trinajstić information content (AvgIpc) is 2.21. The first-order valence-corrected chi connectivity index (χ1v) is 5.78. The number of ether oxygens (including phenoxy) is 1. The molecule has 0 atom stereocenters. The molecule has 0 amide bonds. The van der Waals surface area contributed by atoms with E-state index in [0.29, 0.717) is 6.04 Å². The summed E-state index contributed by atoms with van der Waals surface area (Å²) in [6.07, 6.45) is 10.5. The maximum atomic E-state index is 5.51. The molecule has 0 unspecified atom stereocenters. The van der Waals surface area contributed by atoms with Crippen LogP contribution in [0.1, 0.15) is 33.6 Å². The van der Waals surface area contributed by atoms with Crippen LogP contribution in [0.5, 0.6) is 0 Å². The molecule has 0 aromatic carbocycles. The van der Waals surface area contributed by atoms with E-state index in [4.69, 9.17) is 4.74 Å². The summed E-state index contributed by atoms with van der Waals surface area (Å²) < 4.78 is 5.51. The number of hydrogen-bond acceptors (Lipinski definition) is 2. The molecule has 0 fully saturated rings. The monoisotopic (exact) mass is 211 g/mol. The van der Waals surface area contributed by atoms with E-state index in [0.717, 1.165) is 26.2 Å². The Morgan fingerprint density at radius 1 is 1.20 bits per heavy atom. The Bertz CT molecular complexity index is 185. The lowest BCUT2D eigenvalue weighted by Crippen LogP contribution is -2.28. The Morgan fingerprint density at radius 3 is 2.47 bits per heavy atom. The molecule has 0 radical (unpaired) electrons. The van der Waals surface area contributed by atoms with Gasteiger partial charge in [-0.25, -0.2) is 0 Å². The third kappa shape index (κ3) is 9.70. The molecule has 0 heterocycles. The van der Waals surface area contributed by atoms with E-state index in [1.807, 2.05) is 0 Å². The summed E-state index contributed by atoms with van der Waals surface area (Å²) in [7, 11) is 2.07. The van der Waals surface area contributed by atoms with Gasteiger partial charge >= 0.3 is 0 Å². The molecule has 0 aliphatic rings. The third-order valence-electron chi connectivity index (χ3n) is 2.22. The van der Waals surface area contributed by atoms with Gasteiger partial charge in [0.1, 0.15) is 0 Å². The van der Waals surface area contributed by atoms with Crippen molar-refractivity contribution < 1.29 is 4.74 Å². The number of rotatable bonds is 8. The highest BCUT2D eigenvalue weighted by Gasteiger charge is 2.00. The fourth-order valence-electron chi connectivity index (χ4n) is 0.898. The maximum absolute atomic E-state index is 5.51. The highest BCUT2D eigenvalue weighted by molar-refractivity contribution is 5.01. The molecule has 15 heavy (non-hydrogen) atoms. The van der Waals surface area contributed by atoms with Crippen LogP contribution in [0.25, 0.3) is 0 Å². The SMILES string of the molecule is CCC=CC=CCCOCN(C)C(C)C. The lowest BCUT2D eigenvalue weighted by atomic mass is 10.3. The first kappa shape index (κ1) is 14.4. The predicted octanol–water partition coefficient (Wildman–Crippen LogP) is 3.21. The minimum absolute atomic E-state index is 0.549. The molecule has 0 rings (SSSR count). The molecule has 0 aliphatic heterocycles. The molecule has 2 heteroatoms. The van der Waals surface area contributed by atoms with Crippen molar-refractivity contribution in [1.29, 1.82) is 0 Å². The van der Waals surface area contributed by atoms with Crippen molar-refractivity contribution in [2.24, 2.45) is 0 Å². The summed E-state index contributed by atoms with van der Waals surface area (Å²) in [4.78, 5) is 2.18. The zero-order valence-corrected chi connectivity index (χ0v) is 10.6. The molecule has 2 nitrogen and oxygen atoms in total. The molecule has 88 valence electrons. The third-order valence-corrected chi connectivity index (χ3v) is 2.22. The zero-order chi connectivity index (χ0) is 11.5. The van der Waals surface area contributed by atoms with E-state index in [2.05, 4.69) is 57.0 Å². The second kappa shape index (κ2) is 9.94. The molecule has 0 spiro atoms. The van der Waals surface area contributed by atoms with Crippen molar-refractivity contribution >= 4 is 0 Å². The van der Waals surface area contributed by atoms with Crippen LogP contribution in [0.15, 0.2) is 24.3 Å². The summed E-state index contributed by atoms with van der Waals surface area (Å²) in [5.74, 6) is 0. The predicted molar refractivity (Wildman–Crippen MR) is 66.9 cm³/mol. The van der Waals surface area contributed by atoms with Crippen LogP contribution < -0.4 is 0 Å². The van der Waals surface area contributed by atoms with Crippen LogP contribution in [0, 0.1) is 0 Å². The zero-order valence-electron chi connectivity index (χ0n) is 10.6. The van der Waals surface area contributed by atoms with Crippen molar-refractivity contribution in [3.63, 3.8) is 0 Å². The van der Waals surface area contributed by atoms with Crippen LogP contribution in [-0.2, 0) is 4.74 Å². The second-order valence-electron chi connectivity index (χ2n) is 3.94. The van der Waals surface area contributed by atoms with Gasteiger partial charge in [-0.05, 0) is 33.7 Å². The molecule has 0 bridgehead atoms. The Hall–Kier alpha value is -0.600. The van der Waals surface area contributed by atoms with E-state index in [1.165, 1.54) is 0 Å². The lowest BCUT2D eigenvalue weighted by molar-refractivity contribution is 0.0304. The van der Waals surface area contributed by atoms with E-state index in [-0.39, 0.29) is 0 Å². The minimum Gasteiger partial charge on any atom is -0.366 e. The van der Waals surface area contributed by atoms with Gasteiger partial charge in [0.2, 0.25) is 0 Å². The summed E-state index contributed by atoms with van der Waals surface area (Å²) in [6, 6.07) is 0.549. The summed E-state index contributed by atoms with van der Waals surface area (Å²) >= 11 is 0. The van der Waals surface area contributed by atoms with Gasteiger partial charge in [0.25, 0.3) is 0 Å². The lowest BCUT2D eigenvalue weighted by Gasteiger charge is -2.20. The molecule has 0 saturated heterocycles. The van der Waals surface area contributed by atoms with E-state index in [1.54, 1.807) is 0 Å². The quantitative estimate of drug-likeness (QED) is 0.347. The Balaban J connectivity index is 3.32. The van der Waals surface area contributed by atoms with Gasteiger partial charge in [-0.3, -0.25) is 4.90 Å². The second-order valence-corrected chi connectivity index (χ2v) is 3.94. The normalized spacial score (nSPS) is 12.7. The van der Waals surface area contributed by atoms with Gasteiger partial charge in [-0.1, -0.05) is 31.2 Å².